The minimum absolute atomic E-state index is 0.114. The largest absolute Gasteiger partial charge is 0.454 e. The molecule has 1 aliphatic rings. The van der Waals surface area contributed by atoms with Gasteiger partial charge in [-0.3, -0.25) is 0 Å². The summed E-state index contributed by atoms with van der Waals surface area (Å²) < 4.78 is 7.17. The van der Waals surface area contributed by atoms with Crippen LogP contribution in [-0.2, 0) is 5.41 Å². The van der Waals surface area contributed by atoms with Crippen molar-refractivity contribution in [3.63, 3.8) is 0 Å². The van der Waals surface area contributed by atoms with E-state index in [0.29, 0.717) is 0 Å². The summed E-state index contributed by atoms with van der Waals surface area (Å²) in [6, 6.07) is 104. The second kappa shape index (κ2) is 19.3. The molecule has 0 saturated heterocycles. The first kappa shape index (κ1) is 47.9. The molecule has 0 aliphatic heterocycles. The Balaban J connectivity index is 1.08. The fourth-order valence-electron chi connectivity index (χ4n) is 13.0. The summed E-state index contributed by atoms with van der Waals surface area (Å²) in [5.74, 6) is 0. The number of fused-ring (bicyclic) bond motifs is 9. The van der Waals surface area contributed by atoms with Crippen LogP contribution in [0.4, 0.5) is 34.1 Å². The minimum atomic E-state index is -0.114. The van der Waals surface area contributed by atoms with Crippen LogP contribution < -0.4 is 9.80 Å². The van der Waals surface area contributed by atoms with E-state index in [9.17, 15) is 0 Å². The van der Waals surface area contributed by atoms with E-state index in [-0.39, 0.29) is 5.41 Å². The highest BCUT2D eigenvalue weighted by molar-refractivity contribution is 6.33. The van der Waals surface area contributed by atoms with Crippen LogP contribution in [0.25, 0.3) is 110 Å². The standard InChI is InChI=1S/C78H56N2O/c1-78(2,3)66-43-25-41-62-63-42-26-44-67(77(63)81-76(62)66)80(57-39-23-10-24-40-57)59-46-48-61-65(50-59)71(54-33-17-7-18-34-54)75-73(69(61)52-29-13-5-14-30-52)72-68(51-27-11-4-12-28-51)60-47-45-58(49-64(60)70(74(72)75)53-31-15-6-16-32-53)79(55-35-19-8-20-36-55)56-37-21-9-22-38-56/h4-50H,1-3H3. The number of rotatable bonds is 10. The number of hydrogen-bond donors (Lipinski definition) is 0. The van der Waals surface area contributed by atoms with Gasteiger partial charge >= 0.3 is 0 Å². The van der Waals surface area contributed by atoms with Crippen LogP contribution in [0.1, 0.15) is 26.3 Å². The Labute approximate surface area is 472 Å². The first-order valence-corrected chi connectivity index (χ1v) is 28.1. The van der Waals surface area contributed by atoms with Crippen molar-refractivity contribution in [2.75, 3.05) is 9.80 Å². The van der Waals surface area contributed by atoms with E-state index < -0.39 is 0 Å². The molecule has 0 spiro atoms. The second-order valence-corrected chi connectivity index (χ2v) is 22.3. The highest BCUT2D eigenvalue weighted by Crippen LogP contribution is 2.66. The van der Waals surface area contributed by atoms with E-state index >= 15 is 0 Å². The number of hydrogen-bond acceptors (Lipinski definition) is 3. The van der Waals surface area contributed by atoms with Crippen LogP contribution >= 0.6 is 0 Å². The minimum Gasteiger partial charge on any atom is -0.454 e. The van der Waals surface area contributed by atoms with Crippen LogP contribution in [0.3, 0.4) is 0 Å². The molecule has 1 aromatic heterocycles. The maximum absolute atomic E-state index is 7.17. The fourth-order valence-corrected chi connectivity index (χ4v) is 13.0. The Morgan fingerprint density at radius 2 is 0.580 bits per heavy atom. The quantitative estimate of drug-likeness (QED) is 0.136. The molecule has 0 fully saturated rings. The number of anilines is 6. The lowest BCUT2D eigenvalue weighted by molar-refractivity contribution is 0.573. The molecule has 3 nitrogen and oxygen atoms in total. The van der Waals surface area contributed by atoms with E-state index in [4.69, 9.17) is 4.42 Å². The maximum Gasteiger partial charge on any atom is 0.159 e. The van der Waals surface area contributed by atoms with E-state index in [0.717, 1.165) is 61.6 Å². The van der Waals surface area contributed by atoms with Gasteiger partial charge in [-0.25, -0.2) is 0 Å². The predicted octanol–water partition coefficient (Wildman–Crippen LogP) is 22.4. The van der Waals surface area contributed by atoms with Crippen LogP contribution in [0.2, 0.25) is 0 Å². The molecule has 15 rings (SSSR count). The van der Waals surface area contributed by atoms with Gasteiger partial charge in [0, 0.05) is 44.8 Å². The molecular weight excluding hydrogens is 981 g/mol. The lowest BCUT2D eigenvalue weighted by atomic mass is 9.65. The third-order valence-corrected chi connectivity index (χ3v) is 16.4. The van der Waals surface area contributed by atoms with Crippen LogP contribution in [0, 0.1) is 0 Å². The van der Waals surface area contributed by atoms with Gasteiger partial charge in [-0.05, 0) is 160 Å². The van der Waals surface area contributed by atoms with Gasteiger partial charge in [0.2, 0.25) is 0 Å². The van der Waals surface area contributed by atoms with Crippen molar-refractivity contribution in [1.29, 1.82) is 0 Å². The van der Waals surface area contributed by atoms with Crippen molar-refractivity contribution in [2.24, 2.45) is 0 Å². The maximum atomic E-state index is 7.17. The zero-order valence-corrected chi connectivity index (χ0v) is 45.4. The van der Waals surface area contributed by atoms with Crippen molar-refractivity contribution >= 4 is 77.6 Å². The number of nitrogens with zero attached hydrogens (tertiary/aromatic N) is 2. The SMILES string of the molecule is CC(C)(C)c1cccc2c1oc1c(N(c3ccccc3)c3ccc4c(-c5ccccc5)c5c(c(-c6ccccc6)c4c3)-c3c-5c(-c4ccccc4)c4ccc(N(c5ccccc5)c5ccccc5)cc4c3-c3ccccc3)cccc12. The molecular formula is C78H56N2O. The third-order valence-electron chi connectivity index (χ3n) is 16.4. The van der Waals surface area contributed by atoms with Crippen molar-refractivity contribution in [3.05, 3.63) is 291 Å². The first-order valence-electron chi connectivity index (χ1n) is 28.1. The molecule has 81 heavy (non-hydrogen) atoms. The van der Waals surface area contributed by atoms with E-state index in [1.807, 2.05) is 0 Å². The summed E-state index contributed by atoms with van der Waals surface area (Å²) in [6.07, 6.45) is 0. The topological polar surface area (TPSA) is 19.6 Å². The molecule has 0 radical (unpaired) electrons. The molecule has 1 heterocycles. The van der Waals surface area contributed by atoms with E-state index in [1.54, 1.807) is 0 Å². The molecule has 14 aromatic rings. The van der Waals surface area contributed by atoms with Crippen molar-refractivity contribution in [1.82, 2.24) is 0 Å². The molecule has 0 bridgehead atoms. The predicted molar refractivity (Wildman–Crippen MR) is 343 cm³/mol. The lowest BCUT2D eigenvalue weighted by Gasteiger charge is -2.37. The summed E-state index contributed by atoms with van der Waals surface area (Å²) >= 11 is 0. The van der Waals surface area contributed by atoms with Gasteiger partial charge in [0.05, 0.1) is 5.69 Å². The molecule has 1 aliphatic carbocycles. The third kappa shape index (κ3) is 7.87. The van der Waals surface area contributed by atoms with Crippen molar-refractivity contribution in [3.8, 4) is 66.8 Å². The molecule has 384 valence electrons. The average Bonchev–Trinajstić information content (AvgIpc) is 4.07. The highest BCUT2D eigenvalue weighted by Gasteiger charge is 2.39. The number of furan rings is 1. The summed E-state index contributed by atoms with van der Waals surface area (Å²) in [5.41, 5.74) is 23.9. The Morgan fingerprint density at radius 3 is 0.975 bits per heavy atom. The molecule has 0 amide bonds. The second-order valence-electron chi connectivity index (χ2n) is 22.3. The Morgan fingerprint density at radius 1 is 0.247 bits per heavy atom. The summed E-state index contributed by atoms with van der Waals surface area (Å²) in [7, 11) is 0. The summed E-state index contributed by atoms with van der Waals surface area (Å²) in [5, 5.41) is 6.98. The van der Waals surface area contributed by atoms with Gasteiger partial charge in [-0.15, -0.1) is 0 Å². The van der Waals surface area contributed by atoms with Crippen LogP contribution in [0.5, 0.6) is 0 Å². The molecule has 0 unspecified atom stereocenters. The monoisotopic (exact) mass is 1040 g/mol. The molecule has 0 atom stereocenters. The Bertz CT molecular complexity index is 4640. The zero-order valence-electron chi connectivity index (χ0n) is 45.4. The van der Waals surface area contributed by atoms with E-state index in [2.05, 4.69) is 316 Å². The number of benzene rings is 13. The number of para-hydroxylation sites is 5. The van der Waals surface area contributed by atoms with Crippen molar-refractivity contribution < 1.29 is 4.42 Å². The Kier molecular flexibility index (Phi) is 11.4. The summed E-state index contributed by atoms with van der Waals surface area (Å²) in [4.78, 5) is 4.78. The van der Waals surface area contributed by atoms with Gasteiger partial charge < -0.3 is 14.2 Å². The van der Waals surface area contributed by atoms with Gasteiger partial charge in [0.25, 0.3) is 0 Å². The fraction of sp³-hybridized carbons (Fsp3) is 0.0513. The van der Waals surface area contributed by atoms with Crippen LogP contribution in [-0.4, -0.2) is 0 Å². The Hall–Kier alpha value is -10.2. The average molecular weight is 1040 g/mol. The smallest absolute Gasteiger partial charge is 0.159 e. The summed E-state index contributed by atoms with van der Waals surface area (Å²) in [6.45, 7) is 6.79. The van der Waals surface area contributed by atoms with Gasteiger partial charge in [-0.2, -0.15) is 0 Å². The molecule has 13 aromatic carbocycles. The first-order chi connectivity index (χ1) is 39.9. The normalized spacial score (nSPS) is 11.9. The van der Waals surface area contributed by atoms with Gasteiger partial charge in [0.15, 0.2) is 5.58 Å². The van der Waals surface area contributed by atoms with E-state index in [1.165, 1.54) is 88.3 Å². The van der Waals surface area contributed by atoms with Crippen LogP contribution in [0.15, 0.2) is 290 Å². The molecule has 3 heteroatoms. The highest BCUT2D eigenvalue weighted by atomic mass is 16.3. The zero-order chi connectivity index (χ0) is 54.2. The van der Waals surface area contributed by atoms with Gasteiger partial charge in [0.1, 0.15) is 5.58 Å². The molecule has 0 N–H and O–H groups in total. The van der Waals surface area contributed by atoms with Gasteiger partial charge in [-0.1, -0.05) is 239 Å². The van der Waals surface area contributed by atoms with Crippen molar-refractivity contribution in [2.45, 2.75) is 26.2 Å². The lowest BCUT2D eigenvalue weighted by Crippen LogP contribution is -2.12. The molecule has 0 saturated carbocycles.